The minimum absolute atomic E-state index is 0.0212. The van der Waals surface area contributed by atoms with E-state index in [1.165, 1.54) is 0 Å². The van der Waals surface area contributed by atoms with Gasteiger partial charge in [0.15, 0.2) is 5.78 Å². The lowest BCUT2D eigenvalue weighted by Gasteiger charge is -2.11. The third-order valence-corrected chi connectivity index (χ3v) is 6.18. The highest BCUT2D eigenvalue weighted by Gasteiger charge is 2.24. The Bertz CT molecular complexity index is 1240. The number of carbonyl (C=O) groups excluding carboxylic acids is 1. The van der Waals surface area contributed by atoms with E-state index in [1.807, 2.05) is 61.5 Å². The number of hydrogen-bond donors (Lipinski definition) is 0. The van der Waals surface area contributed by atoms with Gasteiger partial charge in [0.25, 0.3) is 0 Å². The van der Waals surface area contributed by atoms with E-state index in [0.29, 0.717) is 10.6 Å². The van der Waals surface area contributed by atoms with Crippen LogP contribution in [-0.2, 0) is 6.54 Å². The number of ether oxygens (including phenoxy) is 1. The van der Waals surface area contributed by atoms with Gasteiger partial charge in [0.05, 0.1) is 18.2 Å². The molecule has 0 unspecified atom stereocenters. The summed E-state index contributed by atoms with van der Waals surface area (Å²) in [6, 6.07) is 17.4. The van der Waals surface area contributed by atoms with Crippen molar-refractivity contribution < 1.29 is 9.53 Å². The van der Waals surface area contributed by atoms with E-state index >= 15 is 0 Å². The highest BCUT2D eigenvalue weighted by molar-refractivity contribution is 6.36. The number of unbranched alkanes of at least 4 members (excludes halogenated alkanes) is 2. The van der Waals surface area contributed by atoms with Gasteiger partial charge >= 0.3 is 0 Å². The van der Waals surface area contributed by atoms with Crippen LogP contribution in [0.1, 0.15) is 47.8 Å². The van der Waals surface area contributed by atoms with Gasteiger partial charge in [0, 0.05) is 33.6 Å². The Hall–Kier alpha value is -2.78. The zero-order valence-corrected chi connectivity index (χ0v) is 18.4. The van der Waals surface area contributed by atoms with Crippen molar-refractivity contribution >= 4 is 39.1 Å². The van der Waals surface area contributed by atoms with Gasteiger partial charge in [-0.3, -0.25) is 4.79 Å². The molecule has 3 aromatic carbocycles. The lowest BCUT2D eigenvalue weighted by molar-refractivity contribution is 0.104. The average molecular weight is 420 g/mol. The highest BCUT2D eigenvalue weighted by atomic mass is 35.5. The minimum atomic E-state index is 0.0212. The van der Waals surface area contributed by atoms with Crippen LogP contribution in [0.4, 0.5) is 0 Å². The largest absolute Gasteiger partial charge is 0.495 e. The molecule has 1 aromatic heterocycles. The molecule has 0 atom stereocenters. The maximum atomic E-state index is 13.9. The van der Waals surface area contributed by atoms with Crippen molar-refractivity contribution in [3.05, 3.63) is 76.4 Å². The molecule has 0 saturated carbocycles. The first kappa shape index (κ1) is 20.5. The molecule has 0 N–H and O–H groups in total. The zero-order valence-electron chi connectivity index (χ0n) is 17.7. The van der Waals surface area contributed by atoms with Gasteiger partial charge in [0.1, 0.15) is 5.75 Å². The Morgan fingerprint density at radius 2 is 1.70 bits per heavy atom. The number of hydrogen-bond acceptors (Lipinski definition) is 2. The smallest absolute Gasteiger partial charge is 0.196 e. The molecule has 0 radical (unpaired) electrons. The maximum Gasteiger partial charge on any atom is 0.196 e. The van der Waals surface area contributed by atoms with Crippen molar-refractivity contribution in [2.45, 2.75) is 39.7 Å². The first-order valence-electron chi connectivity index (χ1n) is 10.5. The molecule has 0 amide bonds. The maximum absolute atomic E-state index is 13.9. The molecule has 4 aromatic rings. The molecule has 3 nitrogen and oxygen atoms in total. The van der Waals surface area contributed by atoms with Gasteiger partial charge in [-0.15, -0.1) is 0 Å². The van der Waals surface area contributed by atoms with E-state index in [0.717, 1.165) is 64.5 Å². The third kappa shape index (κ3) is 3.37. The number of halogens is 1. The lowest BCUT2D eigenvalue weighted by atomic mass is 9.95. The molecule has 1 heterocycles. The normalized spacial score (nSPS) is 11.3. The molecule has 4 rings (SSSR count). The Labute approximate surface area is 182 Å². The number of aryl methyl sites for hydroxylation is 1. The summed E-state index contributed by atoms with van der Waals surface area (Å²) in [6.07, 6.45) is 3.37. The van der Waals surface area contributed by atoms with Crippen LogP contribution >= 0.6 is 11.6 Å². The Morgan fingerprint density at radius 3 is 2.43 bits per heavy atom. The van der Waals surface area contributed by atoms with Crippen LogP contribution < -0.4 is 4.74 Å². The molecular weight excluding hydrogens is 394 g/mol. The van der Waals surface area contributed by atoms with Crippen LogP contribution in [0.25, 0.3) is 21.7 Å². The molecular formula is C26H26ClNO2. The predicted molar refractivity (Wildman–Crippen MR) is 125 cm³/mol. The summed E-state index contributed by atoms with van der Waals surface area (Å²) in [5.74, 6) is 0.819. The summed E-state index contributed by atoms with van der Waals surface area (Å²) in [6.45, 7) is 5.10. The van der Waals surface area contributed by atoms with Crippen LogP contribution in [0.5, 0.6) is 5.75 Å². The van der Waals surface area contributed by atoms with Gasteiger partial charge < -0.3 is 9.30 Å². The second-order valence-corrected chi connectivity index (χ2v) is 8.05. The SMILES string of the molecule is CCCCCn1c(C)c(C(=O)c2ccc(Cl)c3ccccc23)c2cccc(OC)c21. The Kier molecular flexibility index (Phi) is 5.83. The van der Waals surface area contributed by atoms with Crippen LogP contribution in [0, 0.1) is 6.92 Å². The summed E-state index contributed by atoms with van der Waals surface area (Å²) in [5.41, 5.74) is 3.39. The summed E-state index contributed by atoms with van der Waals surface area (Å²) < 4.78 is 7.91. The molecule has 0 aliphatic carbocycles. The Morgan fingerprint density at radius 1 is 0.967 bits per heavy atom. The van der Waals surface area contributed by atoms with E-state index in [1.54, 1.807) is 7.11 Å². The molecule has 30 heavy (non-hydrogen) atoms. The molecule has 0 spiro atoms. The van der Waals surface area contributed by atoms with Crippen molar-refractivity contribution in [3.63, 3.8) is 0 Å². The van der Waals surface area contributed by atoms with Crippen molar-refractivity contribution in [1.82, 2.24) is 4.57 Å². The lowest BCUT2D eigenvalue weighted by Crippen LogP contribution is -2.06. The molecule has 0 fully saturated rings. The number of nitrogens with zero attached hydrogens (tertiary/aromatic N) is 1. The summed E-state index contributed by atoms with van der Waals surface area (Å²) >= 11 is 6.39. The molecule has 154 valence electrons. The van der Waals surface area contributed by atoms with Crippen molar-refractivity contribution in [1.29, 1.82) is 0 Å². The Balaban J connectivity index is 1.94. The number of carbonyl (C=O) groups is 1. The van der Waals surface area contributed by atoms with Gasteiger partial charge in [-0.25, -0.2) is 0 Å². The van der Waals surface area contributed by atoms with E-state index in [4.69, 9.17) is 16.3 Å². The van der Waals surface area contributed by atoms with Gasteiger partial charge in [-0.2, -0.15) is 0 Å². The monoisotopic (exact) mass is 419 g/mol. The molecule has 0 bridgehead atoms. The van der Waals surface area contributed by atoms with Crippen LogP contribution in [0.15, 0.2) is 54.6 Å². The first-order valence-corrected chi connectivity index (χ1v) is 10.8. The van der Waals surface area contributed by atoms with Crippen molar-refractivity contribution in [2.75, 3.05) is 7.11 Å². The van der Waals surface area contributed by atoms with E-state index in [-0.39, 0.29) is 5.78 Å². The fraction of sp³-hybridized carbons (Fsp3) is 0.269. The second-order valence-electron chi connectivity index (χ2n) is 7.65. The van der Waals surface area contributed by atoms with Gasteiger partial charge in [-0.1, -0.05) is 67.8 Å². The molecule has 0 saturated heterocycles. The quantitative estimate of drug-likeness (QED) is 0.234. The van der Waals surface area contributed by atoms with Gasteiger partial charge in [-0.05, 0) is 36.9 Å². The number of ketones is 1. The van der Waals surface area contributed by atoms with Crippen molar-refractivity contribution in [3.8, 4) is 5.75 Å². The molecule has 4 heteroatoms. The zero-order chi connectivity index (χ0) is 21.3. The van der Waals surface area contributed by atoms with E-state index in [2.05, 4.69) is 11.5 Å². The fourth-order valence-electron chi connectivity index (χ4n) is 4.35. The van der Waals surface area contributed by atoms with Gasteiger partial charge in [0.2, 0.25) is 0 Å². The number of rotatable bonds is 7. The van der Waals surface area contributed by atoms with E-state index in [9.17, 15) is 4.79 Å². The summed E-state index contributed by atoms with van der Waals surface area (Å²) in [4.78, 5) is 13.9. The number of aromatic nitrogens is 1. The predicted octanol–water partition coefficient (Wildman–Crippen LogP) is 7.19. The van der Waals surface area contributed by atoms with Crippen LogP contribution in [0.3, 0.4) is 0 Å². The topological polar surface area (TPSA) is 31.2 Å². The van der Waals surface area contributed by atoms with Crippen molar-refractivity contribution in [2.24, 2.45) is 0 Å². The fourth-order valence-corrected chi connectivity index (χ4v) is 4.57. The number of benzene rings is 3. The first-order chi connectivity index (χ1) is 14.6. The molecule has 0 aliphatic rings. The second kappa shape index (κ2) is 8.53. The third-order valence-electron chi connectivity index (χ3n) is 5.85. The summed E-state index contributed by atoms with van der Waals surface area (Å²) in [7, 11) is 1.68. The minimum Gasteiger partial charge on any atom is -0.495 e. The highest BCUT2D eigenvalue weighted by Crippen LogP contribution is 2.36. The van der Waals surface area contributed by atoms with E-state index < -0.39 is 0 Å². The van der Waals surface area contributed by atoms with Crippen LogP contribution in [-0.4, -0.2) is 17.5 Å². The standard InChI is InChI=1S/C26H26ClNO2/c1-4-5-8-16-28-17(2)24(21-12-9-13-23(30-3)25(21)28)26(29)20-14-15-22(27)19-11-7-6-10-18(19)20/h6-7,9-15H,4-5,8,16H2,1-3H3. The number of methoxy groups -OCH3 is 1. The molecule has 0 aliphatic heterocycles. The average Bonchev–Trinajstić information content (AvgIpc) is 3.05. The number of fused-ring (bicyclic) bond motifs is 2. The summed E-state index contributed by atoms with van der Waals surface area (Å²) in [5, 5.41) is 3.37. The van der Waals surface area contributed by atoms with Crippen LogP contribution in [0.2, 0.25) is 5.02 Å². The number of para-hydroxylation sites is 1.